The molecule has 0 aromatic carbocycles. The molecule has 2 heterocycles. The lowest BCUT2D eigenvalue weighted by atomic mass is 10.4. The summed E-state index contributed by atoms with van der Waals surface area (Å²) in [5.41, 5.74) is 0. The zero-order valence-corrected chi connectivity index (χ0v) is 7.93. The first-order chi connectivity index (χ1) is 7.00. The fourth-order valence-electron chi connectivity index (χ4n) is 0.808. The summed E-state index contributed by atoms with van der Waals surface area (Å²) in [4.78, 5) is 0. The van der Waals surface area contributed by atoms with E-state index in [2.05, 4.69) is 32.6 Å². The minimum absolute atomic E-state index is 1.14. The van der Waals surface area contributed by atoms with Gasteiger partial charge in [0.25, 0.3) is 0 Å². The molecule has 2 N–H and O–H groups in total. The molecule has 0 amide bonds. The topological polar surface area (TPSA) is 86.5 Å². The Hall–Kier alpha value is -1.58. The minimum atomic E-state index is 1.14. The summed E-state index contributed by atoms with van der Waals surface area (Å²) < 4.78 is 0. The van der Waals surface area contributed by atoms with E-state index in [1.807, 2.05) is 0 Å². The number of rotatable bonds is 0. The average molecular weight is 194 g/mol. The van der Waals surface area contributed by atoms with Crippen molar-refractivity contribution in [1.29, 1.82) is 5.26 Å². The largest absolute Gasteiger partial charge is 0.314 e. The normalized spacial score (nSPS) is 13.9. The van der Waals surface area contributed by atoms with Crippen LogP contribution in [0.1, 0.15) is 0 Å². The summed E-state index contributed by atoms with van der Waals surface area (Å²) in [6.45, 7) is 8.06. The predicted molar refractivity (Wildman–Crippen MR) is 52.2 cm³/mol. The van der Waals surface area contributed by atoms with Gasteiger partial charge in [-0.15, -0.1) is 10.2 Å². The van der Waals surface area contributed by atoms with Crippen molar-refractivity contribution in [3.63, 3.8) is 0 Å². The van der Waals surface area contributed by atoms with Gasteiger partial charge in [-0.3, -0.25) is 0 Å². The van der Waals surface area contributed by atoms with Gasteiger partial charge in [0.15, 0.2) is 0 Å². The van der Waals surface area contributed by atoms with Crippen molar-refractivity contribution in [2.75, 3.05) is 26.2 Å². The zero-order chi connectivity index (χ0) is 10.5. The van der Waals surface area contributed by atoms with Gasteiger partial charge in [-0.05, 0) is 11.3 Å². The molecule has 1 fully saturated rings. The molecule has 0 saturated carbocycles. The van der Waals surface area contributed by atoms with E-state index in [9.17, 15) is 0 Å². The quantitative estimate of drug-likeness (QED) is 0.561. The predicted octanol–water partition coefficient (Wildman–Crippen LogP) is -0.809. The van der Waals surface area contributed by atoms with Crippen molar-refractivity contribution in [3.05, 3.63) is 18.5 Å². The SMILES string of the molecule is C#N.C1CNCCN1.c1cnnnc1. The Morgan fingerprint density at radius 3 is 1.50 bits per heavy atom. The molecule has 1 aromatic heterocycles. The van der Waals surface area contributed by atoms with Crippen LogP contribution < -0.4 is 10.6 Å². The van der Waals surface area contributed by atoms with Crippen molar-refractivity contribution in [2.45, 2.75) is 0 Å². The van der Waals surface area contributed by atoms with Crippen LogP contribution in [0.25, 0.3) is 0 Å². The summed E-state index contributed by atoms with van der Waals surface area (Å²) in [6, 6.07) is 1.72. The number of nitriles is 1. The molecule has 6 nitrogen and oxygen atoms in total. The van der Waals surface area contributed by atoms with Crippen LogP contribution in [-0.4, -0.2) is 41.6 Å². The molecule has 0 unspecified atom stereocenters. The second-order valence-corrected chi connectivity index (χ2v) is 2.31. The Labute approximate surface area is 83.4 Å². The van der Waals surface area contributed by atoms with Gasteiger partial charge in [0.1, 0.15) is 0 Å². The Morgan fingerprint density at radius 2 is 1.36 bits per heavy atom. The Balaban J connectivity index is 0.000000206. The summed E-state index contributed by atoms with van der Waals surface area (Å²) in [5.74, 6) is 0. The van der Waals surface area contributed by atoms with Crippen LogP contribution in [0, 0.1) is 11.8 Å². The van der Waals surface area contributed by atoms with Gasteiger partial charge >= 0.3 is 0 Å². The number of nitrogens with zero attached hydrogens (tertiary/aromatic N) is 4. The van der Waals surface area contributed by atoms with Crippen molar-refractivity contribution in [1.82, 2.24) is 26.0 Å². The molecule has 14 heavy (non-hydrogen) atoms. The van der Waals surface area contributed by atoms with Gasteiger partial charge in [0.2, 0.25) is 0 Å². The van der Waals surface area contributed by atoms with E-state index in [-0.39, 0.29) is 0 Å². The molecule has 0 bridgehead atoms. The summed E-state index contributed by atoms with van der Waals surface area (Å²) >= 11 is 0. The number of piperazine rings is 1. The van der Waals surface area contributed by atoms with E-state index in [0.717, 1.165) is 26.2 Å². The molecular weight excluding hydrogens is 180 g/mol. The second-order valence-electron chi connectivity index (χ2n) is 2.31. The van der Waals surface area contributed by atoms with Gasteiger partial charge in [0.05, 0.1) is 12.4 Å². The van der Waals surface area contributed by atoms with Gasteiger partial charge in [-0.25, -0.2) is 5.26 Å². The highest BCUT2D eigenvalue weighted by atomic mass is 15.3. The van der Waals surface area contributed by atoms with Crippen molar-refractivity contribution in [2.24, 2.45) is 0 Å². The van der Waals surface area contributed by atoms with Gasteiger partial charge < -0.3 is 10.6 Å². The minimum Gasteiger partial charge on any atom is -0.314 e. The van der Waals surface area contributed by atoms with Crippen LogP contribution in [0.5, 0.6) is 0 Å². The lowest BCUT2D eigenvalue weighted by molar-refractivity contribution is 0.534. The van der Waals surface area contributed by atoms with Crippen molar-refractivity contribution >= 4 is 0 Å². The molecule has 0 aliphatic carbocycles. The van der Waals surface area contributed by atoms with Crippen LogP contribution in [-0.2, 0) is 0 Å². The fraction of sp³-hybridized carbons (Fsp3) is 0.500. The number of hydrogen-bond donors (Lipinski definition) is 2. The molecule has 0 radical (unpaired) electrons. The molecular formula is C8H14N6. The Morgan fingerprint density at radius 1 is 0.929 bits per heavy atom. The Kier molecular flexibility index (Phi) is 10.1. The van der Waals surface area contributed by atoms with Gasteiger partial charge in [-0.2, -0.15) is 0 Å². The van der Waals surface area contributed by atoms with Crippen LogP contribution in [0.15, 0.2) is 18.5 Å². The van der Waals surface area contributed by atoms with Crippen molar-refractivity contribution < 1.29 is 0 Å². The first-order valence-corrected chi connectivity index (χ1v) is 4.26. The number of hydrogen-bond acceptors (Lipinski definition) is 6. The third-order valence-electron chi connectivity index (χ3n) is 1.37. The molecule has 0 atom stereocenters. The number of aromatic nitrogens is 3. The van der Waals surface area contributed by atoms with E-state index < -0.39 is 0 Å². The van der Waals surface area contributed by atoms with E-state index in [0.29, 0.717) is 0 Å². The highest BCUT2D eigenvalue weighted by molar-refractivity contribution is 4.69. The van der Waals surface area contributed by atoms with Gasteiger partial charge in [-0.1, -0.05) is 0 Å². The maximum atomic E-state index is 6.50. The fourth-order valence-corrected chi connectivity index (χ4v) is 0.808. The van der Waals surface area contributed by atoms with Crippen LogP contribution >= 0.6 is 0 Å². The van der Waals surface area contributed by atoms with Crippen LogP contribution in [0.3, 0.4) is 0 Å². The standard InChI is InChI=1S/C4H10N2.C3H3N3.CHN/c1-2-6-4-3-5-1;1-2-4-6-5-3-1;1-2/h5-6H,1-4H2;1-3H;1H. The third-order valence-corrected chi connectivity index (χ3v) is 1.37. The summed E-state index contributed by atoms with van der Waals surface area (Å²) in [6.07, 6.45) is 3.15. The molecule has 1 aromatic rings. The van der Waals surface area contributed by atoms with Crippen LogP contribution in [0.4, 0.5) is 0 Å². The smallest absolute Gasteiger partial charge is 0.0529 e. The van der Waals surface area contributed by atoms with E-state index in [1.165, 1.54) is 0 Å². The number of nitrogens with one attached hydrogen (secondary N) is 2. The molecule has 0 spiro atoms. The average Bonchev–Trinajstić information content (AvgIpc) is 2.37. The molecule has 2 rings (SSSR count). The van der Waals surface area contributed by atoms with E-state index in [1.54, 1.807) is 18.5 Å². The molecule has 1 aliphatic heterocycles. The van der Waals surface area contributed by atoms with Crippen LogP contribution in [0.2, 0.25) is 0 Å². The molecule has 1 aliphatic rings. The third kappa shape index (κ3) is 8.52. The first-order valence-electron chi connectivity index (χ1n) is 4.26. The molecule has 76 valence electrons. The highest BCUT2D eigenvalue weighted by Crippen LogP contribution is 1.65. The monoisotopic (exact) mass is 194 g/mol. The highest BCUT2D eigenvalue weighted by Gasteiger charge is 1.91. The maximum Gasteiger partial charge on any atom is 0.0529 e. The molecule has 1 saturated heterocycles. The van der Waals surface area contributed by atoms with Gasteiger partial charge in [0, 0.05) is 32.8 Å². The van der Waals surface area contributed by atoms with E-state index >= 15 is 0 Å². The lowest BCUT2D eigenvalue weighted by Crippen LogP contribution is -2.39. The summed E-state index contributed by atoms with van der Waals surface area (Å²) in [7, 11) is 0. The lowest BCUT2D eigenvalue weighted by Gasteiger charge is -2.11. The maximum absolute atomic E-state index is 6.50. The molecule has 6 heteroatoms. The zero-order valence-electron chi connectivity index (χ0n) is 7.93. The Bertz CT molecular complexity index is 169. The first kappa shape index (κ1) is 12.4. The second kappa shape index (κ2) is 11.4. The van der Waals surface area contributed by atoms with E-state index in [4.69, 9.17) is 5.26 Å². The summed E-state index contributed by atoms with van der Waals surface area (Å²) in [5, 5.41) is 23.1. The van der Waals surface area contributed by atoms with Crippen molar-refractivity contribution in [3.8, 4) is 6.57 Å².